The molecule has 2 heterocycles. The second-order valence-electron chi connectivity index (χ2n) is 10.6. The highest BCUT2D eigenvalue weighted by Crippen LogP contribution is 2.40. The van der Waals surface area contributed by atoms with Gasteiger partial charge in [0.1, 0.15) is 17.2 Å². The fourth-order valence-corrected chi connectivity index (χ4v) is 6.13. The summed E-state index contributed by atoms with van der Waals surface area (Å²) in [5.41, 5.74) is 4.54. The lowest BCUT2D eigenvalue weighted by atomic mass is 9.93. The van der Waals surface area contributed by atoms with Crippen LogP contribution in [-0.2, 0) is 20.6 Å². The Morgan fingerprint density at radius 3 is 1.48 bits per heavy atom. The van der Waals surface area contributed by atoms with Crippen molar-refractivity contribution in [2.75, 3.05) is 13.2 Å². The van der Waals surface area contributed by atoms with E-state index in [1.54, 1.807) is 12.1 Å². The molecule has 2 aliphatic rings. The van der Waals surface area contributed by atoms with Gasteiger partial charge < -0.3 is 28.6 Å². The molecular weight excluding hydrogens is 552 g/mol. The van der Waals surface area contributed by atoms with Gasteiger partial charge in [-0.3, -0.25) is 0 Å². The zero-order valence-electron chi connectivity index (χ0n) is 23.2. The Labute approximate surface area is 248 Å². The van der Waals surface area contributed by atoms with Crippen LogP contribution in [0.3, 0.4) is 0 Å². The molecule has 0 bridgehead atoms. The van der Waals surface area contributed by atoms with Crippen molar-refractivity contribution in [3.05, 3.63) is 84.9 Å². The highest BCUT2D eigenvalue weighted by molar-refractivity contribution is 7.79. The summed E-state index contributed by atoms with van der Waals surface area (Å²) < 4.78 is 47.0. The average Bonchev–Trinajstić information content (AvgIpc) is 3.02. The maximum atomic E-state index is 12.9. The van der Waals surface area contributed by atoms with Gasteiger partial charge in [-0.1, -0.05) is 36.4 Å². The van der Waals surface area contributed by atoms with Gasteiger partial charge in [0.15, 0.2) is 23.7 Å². The zero-order chi connectivity index (χ0) is 28.9. The summed E-state index contributed by atoms with van der Waals surface area (Å²) in [7, 11) is 0. The average molecular weight is 587 g/mol. The molecule has 2 aliphatic heterocycles. The molecule has 3 unspecified atom stereocenters. The molecule has 2 saturated heterocycles. The lowest BCUT2D eigenvalue weighted by Crippen LogP contribution is -2.24. The molecular formula is C34H34O7S. The van der Waals surface area contributed by atoms with E-state index in [2.05, 4.69) is 0 Å². The first-order chi connectivity index (χ1) is 20.5. The predicted molar refractivity (Wildman–Crippen MR) is 162 cm³/mol. The van der Waals surface area contributed by atoms with Crippen molar-refractivity contribution in [2.45, 2.75) is 56.0 Å². The van der Waals surface area contributed by atoms with E-state index in [1.165, 1.54) is 0 Å². The molecule has 2 N–H and O–H groups in total. The fraction of sp³-hybridized carbons (Fsp3) is 0.294. The largest absolute Gasteiger partial charge is 0.508 e. The molecule has 0 aromatic heterocycles. The topological polar surface area (TPSA) is 94.5 Å². The first kappa shape index (κ1) is 28.4. The Morgan fingerprint density at radius 1 is 0.619 bits per heavy atom. The van der Waals surface area contributed by atoms with Crippen molar-refractivity contribution in [3.8, 4) is 50.6 Å². The summed E-state index contributed by atoms with van der Waals surface area (Å²) in [5, 5.41) is 9.86. The van der Waals surface area contributed by atoms with Crippen LogP contribution in [0.4, 0.5) is 0 Å². The summed E-state index contributed by atoms with van der Waals surface area (Å²) in [6.07, 6.45) is 5.42. The van der Waals surface area contributed by atoms with Crippen molar-refractivity contribution in [1.82, 2.24) is 0 Å². The number of rotatable bonds is 8. The molecule has 4 aromatic rings. The van der Waals surface area contributed by atoms with Crippen LogP contribution in [0.5, 0.6) is 17.2 Å². The predicted octanol–water partition coefficient (Wildman–Crippen LogP) is 7.78. The number of benzene rings is 4. The number of phenols is 1. The van der Waals surface area contributed by atoms with E-state index in [9.17, 15) is 13.9 Å². The Kier molecular flexibility index (Phi) is 8.86. The van der Waals surface area contributed by atoms with Gasteiger partial charge in [-0.15, -0.1) is 0 Å². The van der Waals surface area contributed by atoms with Crippen LogP contribution in [0.2, 0.25) is 0 Å². The van der Waals surface area contributed by atoms with Crippen LogP contribution in [0.1, 0.15) is 38.5 Å². The molecule has 0 aliphatic carbocycles. The quantitative estimate of drug-likeness (QED) is 0.204. The molecule has 42 heavy (non-hydrogen) atoms. The van der Waals surface area contributed by atoms with Gasteiger partial charge in [-0.05, 0) is 96.5 Å². The molecule has 7 nitrogen and oxygen atoms in total. The Hall–Kier alpha value is -3.69. The second-order valence-corrected chi connectivity index (χ2v) is 11.5. The van der Waals surface area contributed by atoms with Crippen molar-refractivity contribution < 1.29 is 32.8 Å². The van der Waals surface area contributed by atoms with Crippen LogP contribution in [0, 0.1) is 0 Å². The van der Waals surface area contributed by atoms with E-state index in [-0.39, 0.29) is 18.3 Å². The maximum absolute atomic E-state index is 12.9. The van der Waals surface area contributed by atoms with E-state index in [1.807, 2.05) is 72.8 Å². The lowest BCUT2D eigenvalue weighted by molar-refractivity contribution is -0.106. The number of ether oxygens (including phenoxy) is 4. The van der Waals surface area contributed by atoms with Gasteiger partial charge in [0.25, 0.3) is 0 Å². The van der Waals surface area contributed by atoms with E-state index in [0.717, 1.165) is 60.8 Å². The molecule has 2 fully saturated rings. The number of phenolic OH excluding ortho intramolecular Hbond substituents is 1. The highest BCUT2D eigenvalue weighted by atomic mass is 32.2. The molecule has 0 spiro atoms. The number of aromatic hydroxyl groups is 1. The van der Waals surface area contributed by atoms with Crippen molar-refractivity contribution >= 4 is 11.1 Å². The van der Waals surface area contributed by atoms with Gasteiger partial charge in [-0.25, -0.2) is 4.21 Å². The SMILES string of the molecule is O=S(O)c1c(-c2ccc(OC3CCCCO3)cc2)cc(-c2ccc(O)cc2)cc1-c1ccc(OC2CCCCO2)cc1. The maximum Gasteiger partial charge on any atom is 0.199 e. The van der Waals surface area contributed by atoms with Crippen molar-refractivity contribution in [3.63, 3.8) is 0 Å². The van der Waals surface area contributed by atoms with E-state index >= 15 is 0 Å². The minimum absolute atomic E-state index is 0.169. The summed E-state index contributed by atoms with van der Waals surface area (Å²) in [4.78, 5) is 0.311. The van der Waals surface area contributed by atoms with Gasteiger partial charge >= 0.3 is 0 Å². The van der Waals surface area contributed by atoms with E-state index in [0.29, 0.717) is 40.7 Å². The second kappa shape index (κ2) is 13.1. The first-order valence-electron chi connectivity index (χ1n) is 14.4. The summed E-state index contributed by atoms with van der Waals surface area (Å²) >= 11 is -2.29. The van der Waals surface area contributed by atoms with Crippen LogP contribution in [-0.4, -0.2) is 39.7 Å². The molecule has 218 valence electrons. The smallest absolute Gasteiger partial charge is 0.199 e. The molecule has 6 rings (SSSR count). The minimum atomic E-state index is -2.29. The monoisotopic (exact) mass is 586 g/mol. The first-order valence-corrected chi connectivity index (χ1v) is 15.5. The molecule has 8 heteroatoms. The molecule has 0 saturated carbocycles. The van der Waals surface area contributed by atoms with Crippen LogP contribution >= 0.6 is 0 Å². The number of hydrogen-bond donors (Lipinski definition) is 2. The van der Waals surface area contributed by atoms with Crippen LogP contribution in [0.15, 0.2) is 89.8 Å². The third kappa shape index (κ3) is 6.68. The molecule has 3 atom stereocenters. The van der Waals surface area contributed by atoms with Crippen molar-refractivity contribution in [1.29, 1.82) is 0 Å². The normalized spacial score (nSPS) is 19.6. The third-order valence-electron chi connectivity index (χ3n) is 7.61. The number of hydrogen-bond acceptors (Lipinski definition) is 6. The zero-order valence-corrected chi connectivity index (χ0v) is 24.1. The third-order valence-corrected chi connectivity index (χ3v) is 8.39. The summed E-state index contributed by atoms with van der Waals surface area (Å²) in [6, 6.07) is 25.8. The fourth-order valence-electron chi connectivity index (χ4n) is 5.40. The Morgan fingerprint density at radius 2 is 1.07 bits per heavy atom. The minimum Gasteiger partial charge on any atom is -0.508 e. The molecule has 0 radical (unpaired) electrons. The van der Waals surface area contributed by atoms with E-state index < -0.39 is 11.1 Å². The molecule has 0 amide bonds. The van der Waals surface area contributed by atoms with Gasteiger partial charge in [0, 0.05) is 24.0 Å². The standard InChI is InChI=1S/C34H34O7S/c35-27-13-7-23(8-14-27)26-21-30(24-9-15-28(16-10-24)40-32-5-1-3-19-38-32)34(42(36)37)31(22-26)25-11-17-29(18-12-25)41-33-6-2-4-20-39-33/h7-18,21-22,32-33,35H,1-6,19-20H2,(H,36,37). The van der Waals surface area contributed by atoms with Crippen LogP contribution in [0.25, 0.3) is 33.4 Å². The summed E-state index contributed by atoms with van der Waals surface area (Å²) in [5.74, 6) is 1.54. The summed E-state index contributed by atoms with van der Waals surface area (Å²) in [6.45, 7) is 1.39. The molecule has 4 aromatic carbocycles. The van der Waals surface area contributed by atoms with Gasteiger partial charge in [0.05, 0.1) is 18.1 Å². The van der Waals surface area contributed by atoms with E-state index in [4.69, 9.17) is 18.9 Å². The van der Waals surface area contributed by atoms with Gasteiger partial charge in [0.2, 0.25) is 0 Å². The Bertz CT molecular complexity index is 1420. The highest BCUT2D eigenvalue weighted by Gasteiger charge is 2.21. The van der Waals surface area contributed by atoms with Crippen LogP contribution < -0.4 is 9.47 Å². The van der Waals surface area contributed by atoms with Crippen molar-refractivity contribution in [2.24, 2.45) is 0 Å². The van der Waals surface area contributed by atoms with Gasteiger partial charge in [-0.2, -0.15) is 0 Å². The Balaban J connectivity index is 1.38. The lowest BCUT2D eigenvalue weighted by Gasteiger charge is -2.23.